The molecule has 0 spiro atoms. The van der Waals surface area contributed by atoms with Crippen LogP contribution in [0.5, 0.6) is 0 Å². The molecule has 0 aliphatic carbocycles. The third-order valence-corrected chi connectivity index (χ3v) is 4.45. The number of rotatable bonds is 5. The van der Waals surface area contributed by atoms with E-state index in [-0.39, 0.29) is 6.04 Å². The second-order valence-electron chi connectivity index (χ2n) is 5.09. The monoisotopic (exact) mass is 399 g/mol. The highest BCUT2D eigenvalue weighted by Gasteiger charge is 2.20. The first-order chi connectivity index (χ1) is 9.52. The lowest BCUT2D eigenvalue weighted by Gasteiger charge is -2.21. The van der Waals surface area contributed by atoms with E-state index in [4.69, 9.17) is 0 Å². The quantitative estimate of drug-likeness (QED) is 0.800. The van der Waals surface area contributed by atoms with Crippen molar-refractivity contribution in [3.05, 3.63) is 50.7 Å². The summed E-state index contributed by atoms with van der Waals surface area (Å²) >= 11 is 7.09. The molecule has 1 aromatic carbocycles. The molecular formula is C15H19Br2N3. The first-order valence-electron chi connectivity index (χ1n) is 6.67. The molecule has 0 saturated heterocycles. The Hall–Kier alpha value is -0.650. The molecule has 0 saturated carbocycles. The molecule has 3 nitrogen and oxygen atoms in total. The van der Waals surface area contributed by atoms with Gasteiger partial charge in [0.1, 0.15) is 0 Å². The van der Waals surface area contributed by atoms with Crippen molar-refractivity contribution >= 4 is 31.9 Å². The van der Waals surface area contributed by atoms with Crippen LogP contribution in [0.4, 0.5) is 0 Å². The van der Waals surface area contributed by atoms with Gasteiger partial charge in [-0.05, 0) is 60.9 Å². The van der Waals surface area contributed by atoms with Gasteiger partial charge in [-0.15, -0.1) is 0 Å². The van der Waals surface area contributed by atoms with E-state index in [0.29, 0.717) is 6.04 Å². The molecule has 5 heteroatoms. The summed E-state index contributed by atoms with van der Waals surface area (Å²) in [5.41, 5.74) is 2.50. The summed E-state index contributed by atoms with van der Waals surface area (Å²) in [5.74, 6) is 0. The number of nitrogens with one attached hydrogen (secondary N) is 1. The molecule has 2 rings (SSSR count). The molecule has 1 heterocycles. The van der Waals surface area contributed by atoms with Crippen molar-refractivity contribution in [1.82, 2.24) is 15.1 Å². The summed E-state index contributed by atoms with van der Waals surface area (Å²) < 4.78 is 4.24. The molecule has 1 N–H and O–H groups in total. The summed E-state index contributed by atoms with van der Waals surface area (Å²) in [7, 11) is 1.99. The number of aromatic nitrogens is 2. The van der Waals surface area contributed by atoms with Gasteiger partial charge in [-0.1, -0.05) is 28.1 Å². The smallest absolute Gasteiger partial charge is 0.0702 e. The van der Waals surface area contributed by atoms with Crippen LogP contribution in [0.2, 0.25) is 0 Å². The molecule has 2 aromatic rings. The van der Waals surface area contributed by atoms with Gasteiger partial charge < -0.3 is 5.32 Å². The van der Waals surface area contributed by atoms with Crippen LogP contribution in [0.1, 0.15) is 37.2 Å². The number of hydrogen-bond donors (Lipinski definition) is 1. The number of likely N-dealkylation sites (N-methyl/N-ethyl adjacent to an activating group) is 1. The molecular weight excluding hydrogens is 382 g/mol. The maximum Gasteiger partial charge on any atom is 0.0702 e. The SMILES string of the molecule is CNC(Cc1ccc(Br)cc1)c1c(Br)cnn1C(C)C. The molecule has 1 aromatic heterocycles. The first kappa shape index (κ1) is 15.7. The van der Waals surface area contributed by atoms with Crippen molar-refractivity contribution in [2.75, 3.05) is 7.05 Å². The Kier molecular flexibility index (Phi) is 5.41. The van der Waals surface area contributed by atoms with Gasteiger partial charge in [0.25, 0.3) is 0 Å². The Bertz CT molecular complexity index is 561. The van der Waals surface area contributed by atoms with E-state index in [1.807, 2.05) is 13.2 Å². The number of hydrogen-bond acceptors (Lipinski definition) is 2. The zero-order valence-electron chi connectivity index (χ0n) is 11.9. The maximum absolute atomic E-state index is 4.46. The fourth-order valence-corrected chi connectivity index (χ4v) is 3.09. The molecule has 1 unspecified atom stereocenters. The van der Waals surface area contributed by atoms with Crippen LogP contribution < -0.4 is 5.32 Å². The zero-order valence-corrected chi connectivity index (χ0v) is 15.1. The van der Waals surface area contributed by atoms with Gasteiger partial charge in [-0.25, -0.2) is 0 Å². The van der Waals surface area contributed by atoms with Gasteiger partial charge in [-0.3, -0.25) is 4.68 Å². The first-order valence-corrected chi connectivity index (χ1v) is 8.26. The lowest BCUT2D eigenvalue weighted by Crippen LogP contribution is -2.23. The normalized spacial score (nSPS) is 12.9. The average molecular weight is 401 g/mol. The Morgan fingerprint density at radius 2 is 1.85 bits per heavy atom. The Balaban J connectivity index is 2.28. The number of halogens is 2. The molecule has 0 amide bonds. The fourth-order valence-electron chi connectivity index (χ4n) is 2.28. The van der Waals surface area contributed by atoms with E-state index >= 15 is 0 Å². The van der Waals surface area contributed by atoms with Crippen LogP contribution in [0, 0.1) is 0 Å². The minimum Gasteiger partial charge on any atom is -0.311 e. The Labute approximate surface area is 137 Å². The highest BCUT2D eigenvalue weighted by atomic mass is 79.9. The minimum absolute atomic E-state index is 0.232. The minimum atomic E-state index is 0.232. The van der Waals surface area contributed by atoms with Gasteiger partial charge >= 0.3 is 0 Å². The van der Waals surface area contributed by atoms with Crippen LogP contribution in [-0.4, -0.2) is 16.8 Å². The topological polar surface area (TPSA) is 29.9 Å². The summed E-state index contributed by atoms with van der Waals surface area (Å²) in [6.45, 7) is 4.30. The van der Waals surface area contributed by atoms with Crippen LogP contribution in [0.25, 0.3) is 0 Å². The van der Waals surface area contributed by atoms with E-state index in [2.05, 4.69) is 85.1 Å². The lowest BCUT2D eigenvalue weighted by molar-refractivity contribution is 0.458. The molecule has 0 radical (unpaired) electrons. The van der Waals surface area contributed by atoms with Gasteiger partial charge in [0, 0.05) is 10.5 Å². The standard InChI is InChI=1S/C15H19Br2N3/c1-10(2)20-15(13(17)9-19-20)14(18-3)8-11-4-6-12(16)7-5-11/h4-7,9-10,14,18H,8H2,1-3H3. The van der Waals surface area contributed by atoms with Crippen molar-refractivity contribution in [3.63, 3.8) is 0 Å². The van der Waals surface area contributed by atoms with Crippen molar-refractivity contribution in [1.29, 1.82) is 0 Å². The molecule has 0 bridgehead atoms. The van der Waals surface area contributed by atoms with E-state index in [0.717, 1.165) is 15.4 Å². The predicted molar refractivity (Wildman–Crippen MR) is 90.0 cm³/mol. The van der Waals surface area contributed by atoms with Gasteiger partial charge in [0.15, 0.2) is 0 Å². The third kappa shape index (κ3) is 3.51. The summed E-state index contributed by atoms with van der Waals surface area (Å²) in [6.07, 6.45) is 2.81. The predicted octanol–water partition coefficient (Wildman–Crippen LogP) is 4.49. The van der Waals surface area contributed by atoms with Crippen LogP contribution in [0.15, 0.2) is 39.4 Å². The van der Waals surface area contributed by atoms with Crippen molar-refractivity contribution in [2.45, 2.75) is 32.4 Å². The molecule has 1 atom stereocenters. The number of benzene rings is 1. The summed E-state index contributed by atoms with van der Waals surface area (Å²) in [4.78, 5) is 0. The summed E-state index contributed by atoms with van der Waals surface area (Å²) in [6, 6.07) is 9.04. The Morgan fingerprint density at radius 1 is 1.20 bits per heavy atom. The summed E-state index contributed by atoms with van der Waals surface area (Å²) in [5, 5.41) is 7.86. The van der Waals surface area contributed by atoms with Crippen molar-refractivity contribution in [2.24, 2.45) is 0 Å². The average Bonchev–Trinajstić information content (AvgIpc) is 2.80. The maximum atomic E-state index is 4.46. The van der Waals surface area contributed by atoms with Crippen LogP contribution in [0.3, 0.4) is 0 Å². The Morgan fingerprint density at radius 3 is 2.40 bits per heavy atom. The van der Waals surface area contributed by atoms with E-state index in [1.165, 1.54) is 11.3 Å². The fraction of sp³-hybridized carbons (Fsp3) is 0.400. The van der Waals surface area contributed by atoms with Gasteiger partial charge in [0.05, 0.1) is 22.4 Å². The molecule has 0 aliphatic rings. The highest BCUT2D eigenvalue weighted by Crippen LogP contribution is 2.28. The second kappa shape index (κ2) is 6.87. The van der Waals surface area contributed by atoms with E-state index < -0.39 is 0 Å². The van der Waals surface area contributed by atoms with E-state index in [9.17, 15) is 0 Å². The number of nitrogens with zero attached hydrogens (tertiary/aromatic N) is 2. The molecule has 0 fully saturated rings. The molecule has 20 heavy (non-hydrogen) atoms. The molecule has 108 valence electrons. The van der Waals surface area contributed by atoms with Crippen molar-refractivity contribution in [3.8, 4) is 0 Å². The second-order valence-corrected chi connectivity index (χ2v) is 6.86. The molecule has 0 aliphatic heterocycles. The highest BCUT2D eigenvalue weighted by molar-refractivity contribution is 9.10. The van der Waals surface area contributed by atoms with Gasteiger partial charge in [0.2, 0.25) is 0 Å². The van der Waals surface area contributed by atoms with Gasteiger partial charge in [-0.2, -0.15) is 5.10 Å². The largest absolute Gasteiger partial charge is 0.311 e. The van der Waals surface area contributed by atoms with Crippen LogP contribution in [-0.2, 0) is 6.42 Å². The lowest BCUT2D eigenvalue weighted by atomic mass is 10.0. The van der Waals surface area contributed by atoms with E-state index in [1.54, 1.807) is 0 Å². The van der Waals surface area contributed by atoms with Crippen LogP contribution >= 0.6 is 31.9 Å². The zero-order chi connectivity index (χ0) is 14.7. The third-order valence-electron chi connectivity index (χ3n) is 3.31. The van der Waals surface area contributed by atoms with Crippen molar-refractivity contribution < 1.29 is 0 Å².